The van der Waals surface area contributed by atoms with Gasteiger partial charge in [-0.05, 0) is 48.5 Å². The number of carbonyl (C=O) groups is 1. The lowest BCUT2D eigenvalue weighted by molar-refractivity contribution is -0.120. The van der Waals surface area contributed by atoms with Crippen LogP contribution in [-0.4, -0.2) is 65.4 Å². The third-order valence-electron chi connectivity index (χ3n) is 6.66. The SMILES string of the molecule is CC(CN1CCN(C)CC1)C(=O)Nc1ccc(-c2ccc(-c3nc4ccc(F)cc4[nH]3)cc2)cc1. The number of fused-ring (bicyclic) bond motifs is 1. The quantitative estimate of drug-likeness (QED) is 0.422. The number of imidazole rings is 1. The summed E-state index contributed by atoms with van der Waals surface area (Å²) in [6.07, 6.45) is 0. The van der Waals surface area contributed by atoms with Gasteiger partial charge in [-0.1, -0.05) is 43.3 Å². The van der Waals surface area contributed by atoms with Crippen LogP contribution < -0.4 is 5.32 Å². The number of H-pyrrole nitrogens is 1. The Labute approximate surface area is 204 Å². The van der Waals surface area contributed by atoms with Gasteiger partial charge in [-0.15, -0.1) is 0 Å². The second-order valence-electron chi connectivity index (χ2n) is 9.40. The summed E-state index contributed by atoms with van der Waals surface area (Å²) in [5, 5.41) is 3.05. The van der Waals surface area contributed by atoms with Gasteiger partial charge in [-0.25, -0.2) is 9.37 Å². The first-order valence-electron chi connectivity index (χ1n) is 12.0. The molecule has 180 valence electrons. The molecule has 0 spiro atoms. The number of carbonyl (C=O) groups excluding carboxylic acids is 1. The van der Waals surface area contributed by atoms with E-state index in [4.69, 9.17) is 0 Å². The first-order valence-corrected chi connectivity index (χ1v) is 12.0. The fraction of sp³-hybridized carbons (Fsp3) is 0.286. The molecule has 35 heavy (non-hydrogen) atoms. The monoisotopic (exact) mass is 471 g/mol. The van der Waals surface area contributed by atoms with E-state index in [1.54, 1.807) is 6.07 Å². The molecule has 1 aliphatic heterocycles. The number of benzene rings is 3. The molecule has 0 bridgehead atoms. The number of hydrogen-bond donors (Lipinski definition) is 2. The molecular weight excluding hydrogens is 441 g/mol. The van der Waals surface area contributed by atoms with Crippen LogP contribution in [0.1, 0.15) is 6.92 Å². The topological polar surface area (TPSA) is 64.3 Å². The number of halogens is 1. The molecule has 0 aliphatic carbocycles. The van der Waals surface area contributed by atoms with Crippen LogP contribution in [0.5, 0.6) is 0 Å². The lowest BCUT2D eigenvalue weighted by Gasteiger charge is -2.33. The van der Waals surface area contributed by atoms with Crippen molar-refractivity contribution in [3.63, 3.8) is 0 Å². The van der Waals surface area contributed by atoms with E-state index in [0.29, 0.717) is 11.3 Å². The summed E-state index contributed by atoms with van der Waals surface area (Å²) >= 11 is 0. The maximum Gasteiger partial charge on any atom is 0.228 e. The molecule has 3 aromatic carbocycles. The van der Waals surface area contributed by atoms with Gasteiger partial charge in [0.25, 0.3) is 0 Å². The van der Waals surface area contributed by atoms with Gasteiger partial charge in [-0.2, -0.15) is 0 Å². The average molecular weight is 472 g/mol. The molecule has 1 saturated heterocycles. The van der Waals surface area contributed by atoms with Crippen LogP contribution in [0.2, 0.25) is 0 Å². The van der Waals surface area contributed by atoms with Crippen molar-refractivity contribution in [3.05, 3.63) is 72.5 Å². The van der Waals surface area contributed by atoms with Gasteiger partial charge in [0.05, 0.1) is 11.0 Å². The third-order valence-corrected chi connectivity index (χ3v) is 6.66. The average Bonchev–Trinajstić information content (AvgIpc) is 3.29. The predicted molar refractivity (Wildman–Crippen MR) is 139 cm³/mol. The molecule has 0 radical (unpaired) electrons. The Morgan fingerprint density at radius 1 is 0.971 bits per heavy atom. The van der Waals surface area contributed by atoms with E-state index in [2.05, 4.69) is 32.1 Å². The summed E-state index contributed by atoms with van der Waals surface area (Å²) in [7, 11) is 2.13. The summed E-state index contributed by atoms with van der Waals surface area (Å²) < 4.78 is 13.5. The lowest BCUT2D eigenvalue weighted by atomic mass is 10.0. The second kappa shape index (κ2) is 9.98. The van der Waals surface area contributed by atoms with Crippen molar-refractivity contribution in [2.75, 3.05) is 45.1 Å². The van der Waals surface area contributed by atoms with Gasteiger partial charge in [0.15, 0.2) is 0 Å². The number of nitrogens with one attached hydrogen (secondary N) is 2. The molecule has 7 heteroatoms. The Kier molecular flexibility index (Phi) is 6.61. The number of amides is 1. The van der Waals surface area contributed by atoms with Gasteiger partial charge < -0.3 is 20.1 Å². The number of aromatic nitrogens is 2. The summed E-state index contributed by atoms with van der Waals surface area (Å²) in [5.41, 5.74) is 5.28. The normalized spacial score (nSPS) is 15.9. The van der Waals surface area contributed by atoms with Gasteiger partial charge in [0.2, 0.25) is 5.91 Å². The molecule has 1 atom stereocenters. The number of anilines is 1. The van der Waals surface area contributed by atoms with Gasteiger partial charge >= 0.3 is 0 Å². The van der Waals surface area contributed by atoms with Crippen molar-refractivity contribution in [3.8, 4) is 22.5 Å². The van der Waals surface area contributed by atoms with Crippen molar-refractivity contribution in [1.29, 1.82) is 0 Å². The Bertz CT molecular complexity index is 1310. The minimum absolute atomic E-state index is 0.0479. The fourth-order valence-corrected chi connectivity index (χ4v) is 4.45. The summed E-state index contributed by atoms with van der Waals surface area (Å²) in [6.45, 7) is 6.89. The standard InChI is InChI=1S/C28H30FN5O/c1-19(18-34-15-13-33(2)14-16-34)28(35)30-24-10-7-21(8-11-24)20-3-5-22(6-4-20)27-31-25-12-9-23(29)17-26(25)32-27/h3-12,17,19H,13-16,18H2,1-2H3,(H,30,35)(H,31,32). The zero-order valence-electron chi connectivity index (χ0n) is 20.1. The van der Waals surface area contributed by atoms with Crippen LogP contribution in [0, 0.1) is 11.7 Å². The van der Waals surface area contributed by atoms with E-state index >= 15 is 0 Å². The van der Waals surface area contributed by atoms with Crippen LogP contribution in [0.4, 0.5) is 10.1 Å². The first-order chi connectivity index (χ1) is 16.9. The molecule has 6 nitrogen and oxygen atoms in total. The molecule has 1 fully saturated rings. The van der Waals surface area contributed by atoms with Crippen molar-refractivity contribution in [2.24, 2.45) is 5.92 Å². The van der Waals surface area contributed by atoms with Gasteiger partial charge in [0.1, 0.15) is 11.6 Å². The second-order valence-corrected chi connectivity index (χ2v) is 9.40. The molecule has 2 heterocycles. The molecule has 2 N–H and O–H groups in total. The van der Waals surface area contributed by atoms with Crippen molar-refractivity contribution in [1.82, 2.24) is 19.8 Å². The number of rotatable bonds is 6. The lowest BCUT2D eigenvalue weighted by Crippen LogP contribution is -2.47. The molecule has 1 aromatic heterocycles. The van der Waals surface area contributed by atoms with E-state index in [9.17, 15) is 9.18 Å². The third kappa shape index (κ3) is 5.42. The Morgan fingerprint density at radius 3 is 2.29 bits per heavy atom. The Morgan fingerprint density at radius 2 is 1.60 bits per heavy atom. The van der Waals surface area contributed by atoms with Crippen LogP contribution in [0.25, 0.3) is 33.5 Å². The fourth-order valence-electron chi connectivity index (χ4n) is 4.45. The number of nitrogens with zero attached hydrogens (tertiary/aromatic N) is 3. The van der Waals surface area contributed by atoms with E-state index in [-0.39, 0.29) is 17.6 Å². The number of hydrogen-bond acceptors (Lipinski definition) is 4. The zero-order chi connectivity index (χ0) is 24.4. The summed E-state index contributed by atoms with van der Waals surface area (Å²) in [6, 6.07) is 20.5. The van der Waals surface area contributed by atoms with E-state index in [0.717, 1.165) is 60.6 Å². The van der Waals surface area contributed by atoms with E-state index in [1.807, 2.05) is 55.5 Å². The highest BCUT2D eigenvalue weighted by Crippen LogP contribution is 2.26. The molecule has 1 aliphatic rings. The highest BCUT2D eigenvalue weighted by Gasteiger charge is 2.20. The largest absolute Gasteiger partial charge is 0.338 e. The Balaban J connectivity index is 1.21. The van der Waals surface area contributed by atoms with E-state index < -0.39 is 0 Å². The van der Waals surface area contributed by atoms with Crippen LogP contribution >= 0.6 is 0 Å². The highest BCUT2D eigenvalue weighted by molar-refractivity contribution is 5.92. The zero-order valence-corrected chi connectivity index (χ0v) is 20.1. The van der Waals surface area contributed by atoms with Crippen LogP contribution in [-0.2, 0) is 4.79 Å². The van der Waals surface area contributed by atoms with E-state index in [1.165, 1.54) is 12.1 Å². The highest BCUT2D eigenvalue weighted by atomic mass is 19.1. The van der Waals surface area contributed by atoms with Crippen LogP contribution in [0.3, 0.4) is 0 Å². The van der Waals surface area contributed by atoms with Crippen molar-refractivity contribution in [2.45, 2.75) is 6.92 Å². The van der Waals surface area contributed by atoms with Gasteiger partial charge in [-0.3, -0.25) is 4.79 Å². The van der Waals surface area contributed by atoms with Crippen LogP contribution in [0.15, 0.2) is 66.7 Å². The van der Waals surface area contributed by atoms with Crippen molar-refractivity contribution < 1.29 is 9.18 Å². The molecule has 1 amide bonds. The maximum absolute atomic E-state index is 13.5. The molecule has 0 saturated carbocycles. The minimum Gasteiger partial charge on any atom is -0.338 e. The first kappa shape index (κ1) is 23.2. The molecule has 5 rings (SSSR count). The maximum atomic E-state index is 13.5. The molecular formula is C28H30FN5O. The minimum atomic E-state index is -0.285. The molecule has 4 aromatic rings. The number of piperazine rings is 1. The summed E-state index contributed by atoms with van der Waals surface area (Å²) in [4.78, 5) is 25.1. The predicted octanol–water partition coefficient (Wildman–Crippen LogP) is 4.86. The van der Waals surface area contributed by atoms with Gasteiger partial charge in [0, 0.05) is 49.9 Å². The van der Waals surface area contributed by atoms with Crippen molar-refractivity contribution >= 4 is 22.6 Å². The summed E-state index contributed by atoms with van der Waals surface area (Å²) in [5.74, 6) is 0.403. The number of aromatic amines is 1. The Hall–Kier alpha value is -3.55. The number of likely N-dealkylation sites (N-methyl/N-ethyl adjacent to an activating group) is 1. The molecule has 1 unspecified atom stereocenters. The smallest absolute Gasteiger partial charge is 0.228 e.